The molecular formula is C30H32FN3O2S. The number of carbonyl (C=O) groups is 2. The van der Waals surface area contributed by atoms with Gasteiger partial charge in [-0.15, -0.1) is 0 Å². The lowest BCUT2D eigenvalue weighted by molar-refractivity contribution is -0.136. The van der Waals surface area contributed by atoms with E-state index < -0.39 is 5.54 Å². The zero-order valence-corrected chi connectivity index (χ0v) is 21.7. The molecule has 1 N–H and O–H groups in total. The van der Waals surface area contributed by atoms with Crippen LogP contribution in [0.1, 0.15) is 65.8 Å². The minimum atomic E-state index is -1.32. The minimum absolute atomic E-state index is 0.0598. The van der Waals surface area contributed by atoms with Gasteiger partial charge in [-0.2, -0.15) is 12.6 Å². The molecule has 2 heterocycles. The first-order chi connectivity index (χ1) is 18.0. The van der Waals surface area contributed by atoms with Crippen molar-refractivity contribution in [2.24, 2.45) is 0 Å². The van der Waals surface area contributed by atoms with E-state index in [4.69, 9.17) is 0 Å². The second-order valence-electron chi connectivity index (χ2n) is 9.95. The highest BCUT2D eigenvalue weighted by atomic mass is 32.1. The lowest BCUT2D eigenvalue weighted by atomic mass is 9.83. The van der Waals surface area contributed by atoms with E-state index in [-0.39, 0.29) is 36.8 Å². The second-order valence-corrected chi connectivity index (χ2v) is 10.3. The molecule has 1 atom stereocenters. The van der Waals surface area contributed by atoms with Crippen LogP contribution in [0, 0.1) is 5.82 Å². The van der Waals surface area contributed by atoms with Crippen LogP contribution in [0.4, 0.5) is 4.39 Å². The Labute approximate surface area is 222 Å². The van der Waals surface area contributed by atoms with Gasteiger partial charge in [0.05, 0.1) is 6.54 Å². The summed E-state index contributed by atoms with van der Waals surface area (Å²) in [5.74, 6) is -0.843. The Bertz CT molecular complexity index is 1300. The van der Waals surface area contributed by atoms with Crippen LogP contribution in [0.5, 0.6) is 0 Å². The number of nitrogens with one attached hydrogen (secondary N) is 1. The van der Waals surface area contributed by atoms with Crippen molar-refractivity contribution >= 4 is 30.5 Å². The molecule has 0 radical (unpaired) electrons. The van der Waals surface area contributed by atoms with Gasteiger partial charge in [-0.3, -0.25) is 9.59 Å². The summed E-state index contributed by atoms with van der Waals surface area (Å²) in [6, 6.07) is 19.4. The smallest absolute Gasteiger partial charge is 0.272 e. The Hall–Kier alpha value is -3.32. The highest BCUT2D eigenvalue weighted by molar-refractivity contribution is 7.83. The molecule has 1 fully saturated rings. The molecule has 1 aromatic heterocycles. The van der Waals surface area contributed by atoms with Crippen LogP contribution in [-0.4, -0.2) is 27.3 Å². The zero-order chi connectivity index (χ0) is 25.8. The number of amides is 2. The van der Waals surface area contributed by atoms with Crippen molar-refractivity contribution < 1.29 is 14.0 Å². The third kappa shape index (κ3) is 4.97. The number of rotatable bonds is 6. The molecule has 2 amide bonds. The van der Waals surface area contributed by atoms with Gasteiger partial charge in [0.2, 0.25) is 0 Å². The molecule has 0 bridgehead atoms. The second kappa shape index (κ2) is 11.0. The minimum Gasteiger partial charge on any atom is -0.351 e. The molecule has 0 saturated heterocycles. The fraction of sp³-hybridized carbons (Fsp3) is 0.333. The number of benzene rings is 2. The van der Waals surface area contributed by atoms with Gasteiger partial charge in [0.15, 0.2) is 5.54 Å². The predicted molar refractivity (Wildman–Crippen MR) is 146 cm³/mol. The first-order valence-electron chi connectivity index (χ1n) is 13.0. The lowest BCUT2D eigenvalue weighted by Crippen LogP contribution is -2.64. The van der Waals surface area contributed by atoms with Crippen molar-refractivity contribution in [1.29, 1.82) is 0 Å². The van der Waals surface area contributed by atoms with E-state index in [1.165, 1.54) is 25.0 Å². The Kier molecular flexibility index (Phi) is 7.51. The Morgan fingerprint density at radius 2 is 1.78 bits per heavy atom. The fourth-order valence-electron chi connectivity index (χ4n) is 5.73. The van der Waals surface area contributed by atoms with Gasteiger partial charge in [0, 0.05) is 18.3 Å². The summed E-state index contributed by atoms with van der Waals surface area (Å²) in [6.07, 6.45) is 8.18. The van der Waals surface area contributed by atoms with Gasteiger partial charge < -0.3 is 14.8 Å². The van der Waals surface area contributed by atoms with E-state index in [2.05, 4.69) is 17.9 Å². The van der Waals surface area contributed by atoms with Crippen molar-refractivity contribution in [3.63, 3.8) is 0 Å². The maximum atomic E-state index is 14.5. The fourth-order valence-corrected chi connectivity index (χ4v) is 5.89. The van der Waals surface area contributed by atoms with Crippen LogP contribution in [-0.2, 0) is 23.4 Å². The van der Waals surface area contributed by atoms with E-state index in [1.807, 2.05) is 47.0 Å². The molecule has 7 heteroatoms. The first kappa shape index (κ1) is 25.3. The number of carbonyl (C=O) groups excluding carboxylic acids is 2. The van der Waals surface area contributed by atoms with Crippen LogP contribution in [0.3, 0.4) is 0 Å². The summed E-state index contributed by atoms with van der Waals surface area (Å²) in [4.78, 5) is 30.3. The maximum absolute atomic E-state index is 14.5. The summed E-state index contributed by atoms with van der Waals surface area (Å²) in [5, 5.41) is 4.96. The summed E-state index contributed by atoms with van der Waals surface area (Å²) >= 11 is 4.24. The quantitative estimate of drug-likeness (QED) is 0.315. The summed E-state index contributed by atoms with van der Waals surface area (Å²) in [5.41, 5.74) is 1.33. The first-order valence-corrected chi connectivity index (χ1v) is 13.5. The number of hydrogen-bond donors (Lipinski definition) is 2. The molecule has 1 saturated carbocycles. The predicted octanol–water partition coefficient (Wildman–Crippen LogP) is 5.92. The molecule has 1 unspecified atom stereocenters. The van der Waals surface area contributed by atoms with Crippen LogP contribution in [0.2, 0.25) is 0 Å². The summed E-state index contributed by atoms with van der Waals surface area (Å²) in [7, 11) is 0. The highest BCUT2D eigenvalue weighted by Crippen LogP contribution is 2.39. The van der Waals surface area contributed by atoms with Crippen molar-refractivity contribution in [3.05, 3.63) is 100 Å². The topological polar surface area (TPSA) is 54.3 Å². The molecule has 1 aliphatic heterocycles. The average Bonchev–Trinajstić information content (AvgIpc) is 3.12. The molecule has 37 heavy (non-hydrogen) atoms. The van der Waals surface area contributed by atoms with Crippen LogP contribution < -0.4 is 5.32 Å². The van der Waals surface area contributed by atoms with Crippen LogP contribution in [0.25, 0.3) is 6.08 Å². The monoisotopic (exact) mass is 517 g/mol. The molecule has 3 aromatic rings. The Morgan fingerprint density at radius 3 is 2.49 bits per heavy atom. The molecule has 2 aliphatic rings. The number of hydrogen-bond acceptors (Lipinski definition) is 3. The van der Waals surface area contributed by atoms with E-state index in [0.29, 0.717) is 11.3 Å². The zero-order valence-electron chi connectivity index (χ0n) is 20.8. The number of thiol groups is 1. The molecular weight excluding hydrogens is 485 g/mol. The normalized spacial score (nSPS) is 20.6. The number of halogens is 1. The highest BCUT2D eigenvalue weighted by Gasteiger charge is 2.52. The van der Waals surface area contributed by atoms with Crippen molar-refractivity contribution in [2.45, 2.75) is 63.2 Å². The van der Waals surface area contributed by atoms with Crippen LogP contribution >= 0.6 is 12.6 Å². The van der Waals surface area contributed by atoms with Gasteiger partial charge in [-0.1, -0.05) is 68.1 Å². The van der Waals surface area contributed by atoms with Gasteiger partial charge in [0.25, 0.3) is 11.8 Å². The van der Waals surface area contributed by atoms with Gasteiger partial charge >= 0.3 is 0 Å². The van der Waals surface area contributed by atoms with Crippen molar-refractivity contribution in [2.75, 3.05) is 0 Å². The number of fused-ring (bicyclic) bond motifs is 1. The largest absolute Gasteiger partial charge is 0.351 e. The molecule has 5 rings (SSSR count). The number of aromatic nitrogens is 1. The maximum Gasteiger partial charge on any atom is 0.272 e. The summed E-state index contributed by atoms with van der Waals surface area (Å²) < 4.78 is 16.1. The van der Waals surface area contributed by atoms with E-state index in [9.17, 15) is 14.0 Å². The third-order valence-corrected chi connectivity index (χ3v) is 7.77. The van der Waals surface area contributed by atoms with Crippen LogP contribution in [0.15, 0.2) is 72.1 Å². The molecule has 2 aromatic carbocycles. The van der Waals surface area contributed by atoms with Gasteiger partial charge in [-0.05, 0) is 59.7 Å². The van der Waals surface area contributed by atoms with Crippen molar-refractivity contribution in [1.82, 2.24) is 14.8 Å². The molecule has 0 spiro atoms. The summed E-state index contributed by atoms with van der Waals surface area (Å²) in [6.45, 7) is 0.346. The van der Waals surface area contributed by atoms with Crippen molar-refractivity contribution in [3.8, 4) is 0 Å². The van der Waals surface area contributed by atoms with E-state index in [1.54, 1.807) is 28.5 Å². The van der Waals surface area contributed by atoms with Gasteiger partial charge in [-0.25, -0.2) is 4.39 Å². The Balaban J connectivity index is 1.66. The molecule has 1 aliphatic carbocycles. The SMILES string of the molecule is O=C1c2ccc(/C=C\S)n2CC(C(=O)NC2CCCCCC2)(c2ccccc2)N1Cc1cccc(F)c1. The number of nitrogens with zero attached hydrogens (tertiary/aromatic N) is 2. The standard InChI is InChI=1S/C30H32FN3O2S/c31-24-12-8-9-22(19-24)20-34-28(35)27-16-15-26(17-18-37)33(27)21-30(34,23-10-4-3-5-11-23)29(36)32-25-13-6-1-2-7-14-25/h3-5,8-12,15-19,25,37H,1-2,6-7,13-14,20-21H2,(H,32,36)/b18-17-. The lowest BCUT2D eigenvalue weighted by Gasteiger charge is -2.47. The van der Waals surface area contributed by atoms with E-state index >= 15 is 0 Å². The van der Waals surface area contributed by atoms with E-state index in [0.717, 1.165) is 36.9 Å². The average molecular weight is 518 g/mol. The molecule has 192 valence electrons. The Morgan fingerprint density at radius 1 is 1.03 bits per heavy atom. The van der Waals surface area contributed by atoms with Gasteiger partial charge in [0.1, 0.15) is 11.5 Å². The molecule has 5 nitrogen and oxygen atoms in total. The third-order valence-electron chi connectivity index (χ3n) is 7.62.